The number of nitrogens with one attached hydrogen (secondary N) is 2. The molecule has 2 amide bonds. The summed E-state index contributed by atoms with van der Waals surface area (Å²) in [6.07, 6.45) is 1.16. The molecule has 0 spiro atoms. The van der Waals surface area contributed by atoms with E-state index < -0.39 is 29.1 Å². The summed E-state index contributed by atoms with van der Waals surface area (Å²) in [6.45, 7) is 6.82. The van der Waals surface area contributed by atoms with E-state index in [2.05, 4.69) is 15.6 Å². The number of hydrogen-bond acceptors (Lipinski definition) is 4. The zero-order chi connectivity index (χ0) is 20.5. The minimum absolute atomic E-state index is 0.0513. The fourth-order valence-electron chi connectivity index (χ4n) is 2.42. The van der Waals surface area contributed by atoms with Gasteiger partial charge in [0, 0.05) is 18.3 Å². The number of Topliss-reactive ketones (excluding diaryl/α,β-unsaturated/α-hetero) is 1. The number of nitrogens with zero attached hydrogens (tertiary/aromatic N) is 2. The van der Waals surface area contributed by atoms with E-state index in [1.54, 1.807) is 27.7 Å². The van der Waals surface area contributed by atoms with E-state index in [0.717, 1.165) is 12.3 Å². The summed E-state index contributed by atoms with van der Waals surface area (Å²) in [4.78, 5) is 40.8. The molecule has 0 aliphatic rings. The number of ketones is 1. The molecular weight excluding hydrogens is 375 g/mol. The van der Waals surface area contributed by atoms with Gasteiger partial charge in [-0.1, -0.05) is 11.6 Å². The zero-order valence-corrected chi connectivity index (χ0v) is 16.4. The van der Waals surface area contributed by atoms with E-state index in [0.29, 0.717) is 5.69 Å². The molecule has 2 aromatic heterocycles. The fourth-order valence-corrected chi connectivity index (χ4v) is 2.86. The molecule has 2 heterocycles. The molecule has 0 saturated carbocycles. The average Bonchev–Trinajstić information content (AvgIpc) is 2.77. The Bertz CT molecular complexity index is 914. The summed E-state index contributed by atoms with van der Waals surface area (Å²) in [5.41, 5.74) is 0.0297. The number of halogens is 2. The maximum Gasteiger partial charge on any atom is 0.294 e. The van der Waals surface area contributed by atoms with Gasteiger partial charge < -0.3 is 15.2 Å². The smallest absolute Gasteiger partial charge is 0.294 e. The molecular formula is C18H20ClFN4O3. The van der Waals surface area contributed by atoms with Crippen molar-refractivity contribution >= 4 is 34.9 Å². The third-order valence-electron chi connectivity index (χ3n) is 3.75. The first-order valence-corrected chi connectivity index (χ1v) is 8.44. The Balaban J connectivity index is 2.36. The lowest BCUT2D eigenvalue weighted by Crippen LogP contribution is -2.44. The number of carbonyl (C=O) groups excluding carboxylic acids is 3. The molecule has 0 atom stereocenters. The van der Waals surface area contributed by atoms with Crippen molar-refractivity contribution in [2.45, 2.75) is 33.2 Å². The number of aromatic nitrogens is 2. The Morgan fingerprint density at radius 3 is 2.37 bits per heavy atom. The summed E-state index contributed by atoms with van der Waals surface area (Å²) < 4.78 is 14.3. The lowest BCUT2D eigenvalue weighted by atomic mass is 10.1. The van der Waals surface area contributed by atoms with Gasteiger partial charge in [-0.25, -0.2) is 4.98 Å². The van der Waals surface area contributed by atoms with Crippen LogP contribution in [0.1, 0.15) is 47.3 Å². The molecule has 9 heteroatoms. The second kappa shape index (κ2) is 7.48. The maximum absolute atomic E-state index is 12.9. The Labute approximate surface area is 160 Å². The molecule has 144 valence electrons. The van der Waals surface area contributed by atoms with Crippen LogP contribution in [0, 0.1) is 12.9 Å². The van der Waals surface area contributed by atoms with Crippen LogP contribution in [-0.2, 0) is 11.8 Å². The van der Waals surface area contributed by atoms with Gasteiger partial charge in [-0.2, -0.15) is 4.39 Å². The van der Waals surface area contributed by atoms with Crippen molar-refractivity contribution in [1.29, 1.82) is 0 Å². The van der Waals surface area contributed by atoms with Crippen LogP contribution >= 0.6 is 11.6 Å². The SMILES string of the molecule is Cc1c(C(=O)Nc2ccc(F)nc2)c(Cl)c(C(=O)C(=O)NC(C)(C)C)n1C. The molecule has 0 aromatic carbocycles. The van der Waals surface area contributed by atoms with Gasteiger partial charge >= 0.3 is 0 Å². The second-order valence-electron chi connectivity index (χ2n) is 7.04. The Morgan fingerprint density at radius 2 is 1.85 bits per heavy atom. The Morgan fingerprint density at radius 1 is 1.22 bits per heavy atom. The van der Waals surface area contributed by atoms with E-state index >= 15 is 0 Å². The third-order valence-corrected chi connectivity index (χ3v) is 4.12. The highest BCUT2D eigenvalue weighted by molar-refractivity contribution is 6.48. The monoisotopic (exact) mass is 394 g/mol. The van der Waals surface area contributed by atoms with Crippen LogP contribution in [-0.4, -0.2) is 32.7 Å². The largest absolute Gasteiger partial charge is 0.345 e. The van der Waals surface area contributed by atoms with Crippen LogP contribution in [0.3, 0.4) is 0 Å². The molecule has 0 aliphatic heterocycles. The molecule has 2 aromatic rings. The van der Waals surface area contributed by atoms with Crippen molar-refractivity contribution in [3.63, 3.8) is 0 Å². The summed E-state index contributed by atoms with van der Waals surface area (Å²) in [5, 5.41) is 4.98. The second-order valence-corrected chi connectivity index (χ2v) is 7.42. The van der Waals surface area contributed by atoms with Crippen molar-refractivity contribution < 1.29 is 18.8 Å². The third kappa shape index (κ3) is 4.51. The Hall–Kier alpha value is -2.74. The van der Waals surface area contributed by atoms with Crippen LogP contribution in [0.15, 0.2) is 18.3 Å². The topological polar surface area (TPSA) is 93.1 Å². The maximum atomic E-state index is 12.9. The van der Waals surface area contributed by atoms with Gasteiger partial charge in [-0.3, -0.25) is 14.4 Å². The Kier molecular flexibility index (Phi) is 5.70. The normalized spacial score (nSPS) is 11.2. The van der Waals surface area contributed by atoms with E-state index in [1.807, 2.05) is 0 Å². The first-order chi connectivity index (χ1) is 12.4. The highest BCUT2D eigenvalue weighted by Gasteiger charge is 2.31. The van der Waals surface area contributed by atoms with Gasteiger partial charge in [0.25, 0.3) is 17.6 Å². The van der Waals surface area contributed by atoms with Crippen LogP contribution < -0.4 is 10.6 Å². The first-order valence-electron chi connectivity index (χ1n) is 8.07. The van der Waals surface area contributed by atoms with Crippen LogP contribution in [0.2, 0.25) is 5.02 Å². The van der Waals surface area contributed by atoms with E-state index in [1.165, 1.54) is 17.7 Å². The van der Waals surface area contributed by atoms with E-state index in [9.17, 15) is 18.8 Å². The summed E-state index contributed by atoms with van der Waals surface area (Å²) >= 11 is 6.27. The lowest BCUT2D eigenvalue weighted by Gasteiger charge is -2.19. The van der Waals surface area contributed by atoms with Crippen molar-refractivity contribution in [3.05, 3.63) is 46.3 Å². The van der Waals surface area contributed by atoms with Gasteiger partial charge in [0.05, 0.1) is 22.5 Å². The van der Waals surface area contributed by atoms with Crippen LogP contribution in [0.5, 0.6) is 0 Å². The molecule has 0 saturated heterocycles. The van der Waals surface area contributed by atoms with Gasteiger partial charge in [0.1, 0.15) is 5.69 Å². The number of carbonyl (C=O) groups is 3. The highest BCUT2D eigenvalue weighted by atomic mass is 35.5. The molecule has 27 heavy (non-hydrogen) atoms. The molecule has 2 N–H and O–H groups in total. The average molecular weight is 395 g/mol. The van der Waals surface area contributed by atoms with Crippen LogP contribution in [0.4, 0.5) is 10.1 Å². The minimum Gasteiger partial charge on any atom is -0.345 e. The van der Waals surface area contributed by atoms with Gasteiger partial charge in [0.15, 0.2) is 0 Å². The molecule has 7 nitrogen and oxygen atoms in total. The quantitative estimate of drug-likeness (QED) is 0.473. The fraction of sp³-hybridized carbons (Fsp3) is 0.333. The number of rotatable bonds is 4. The summed E-state index contributed by atoms with van der Waals surface area (Å²) in [5.74, 6) is -2.95. The zero-order valence-electron chi connectivity index (χ0n) is 15.6. The lowest BCUT2D eigenvalue weighted by molar-refractivity contribution is -0.118. The molecule has 0 unspecified atom stereocenters. The molecule has 0 fully saturated rings. The van der Waals surface area contributed by atoms with Crippen molar-refractivity contribution in [3.8, 4) is 0 Å². The minimum atomic E-state index is -0.844. The standard InChI is InChI=1S/C18H20ClFN4O3/c1-9-12(16(26)22-10-6-7-11(20)21-8-10)13(19)14(24(9)5)15(25)17(27)23-18(2,3)4/h6-8H,1-5H3,(H,22,26)(H,23,27). The molecule has 0 aliphatic carbocycles. The number of amides is 2. The molecule has 0 radical (unpaired) electrons. The van der Waals surface area contributed by atoms with Crippen molar-refractivity contribution in [2.75, 3.05) is 5.32 Å². The number of pyridine rings is 1. The first kappa shape index (κ1) is 20.6. The van der Waals surface area contributed by atoms with E-state index in [4.69, 9.17) is 11.6 Å². The molecule has 2 rings (SSSR count). The molecule has 0 bridgehead atoms. The van der Waals surface area contributed by atoms with Gasteiger partial charge in [-0.05, 0) is 39.8 Å². The predicted octanol–water partition coefficient (Wildman–Crippen LogP) is 2.87. The summed E-state index contributed by atoms with van der Waals surface area (Å²) in [6, 6.07) is 2.44. The van der Waals surface area contributed by atoms with E-state index in [-0.39, 0.29) is 22.0 Å². The van der Waals surface area contributed by atoms with Crippen molar-refractivity contribution in [2.24, 2.45) is 7.05 Å². The summed E-state index contributed by atoms with van der Waals surface area (Å²) in [7, 11) is 1.54. The highest BCUT2D eigenvalue weighted by Crippen LogP contribution is 2.28. The van der Waals surface area contributed by atoms with Gasteiger partial charge in [-0.15, -0.1) is 0 Å². The van der Waals surface area contributed by atoms with Crippen molar-refractivity contribution in [1.82, 2.24) is 14.9 Å². The predicted molar refractivity (Wildman–Crippen MR) is 99.5 cm³/mol. The van der Waals surface area contributed by atoms with Gasteiger partial charge in [0.2, 0.25) is 5.95 Å². The van der Waals surface area contributed by atoms with Crippen LogP contribution in [0.25, 0.3) is 0 Å². The number of anilines is 1. The number of hydrogen-bond donors (Lipinski definition) is 2.